The largest absolute Gasteiger partial charge is 0.379 e. The van der Waals surface area contributed by atoms with Crippen molar-refractivity contribution in [3.63, 3.8) is 0 Å². The molecule has 1 aromatic heterocycles. The smallest absolute Gasteiger partial charge is 0.268 e. The molecule has 1 aromatic carbocycles. The van der Waals surface area contributed by atoms with Crippen LogP contribution in [-0.2, 0) is 4.74 Å². The molecular weight excluding hydrogens is 278 g/mol. The molecule has 2 aromatic rings. The molecule has 2 heterocycles. The summed E-state index contributed by atoms with van der Waals surface area (Å²) in [5, 5.41) is 3.13. The van der Waals surface area contributed by atoms with Gasteiger partial charge >= 0.3 is 0 Å². The monoisotopic (exact) mass is 299 g/mol. The highest BCUT2D eigenvalue weighted by atomic mass is 16.5. The van der Waals surface area contributed by atoms with Gasteiger partial charge in [0.15, 0.2) is 0 Å². The Bertz CT molecular complexity index is 577. The molecule has 5 nitrogen and oxygen atoms in total. The lowest BCUT2D eigenvalue weighted by Gasteiger charge is -2.31. The normalized spacial score (nSPS) is 17.1. The van der Waals surface area contributed by atoms with E-state index in [-0.39, 0.29) is 11.9 Å². The van der Waals surface area contributed by atoms with Crippen molar-refractivity contribution >= 4 is 5.91 Å². The van der Waals surface area contributed by atoms with Crippen molar-refractivity contribution in [1.29, 1.82) is 0 Å². The van der Waals surface area contributed by atoms with Gasteiger partial charge in [0.2, 0.25) is 0 Å². The van der Waals surface area contributed by atoms with Crippen molar-refractivity contribution in [2.75, 3.05) is 32.8 Å². The summed E-state index contributed by atoms with van der Waals surface area (Å²) in [7, 11) is 0. The standard InChI is InChI=1S/C17H21N3O2/c21-17(15-7-4-8-18-15)19-16(14-5-2-1-3-6-14)13-20-9-11-22-12-10-20/h1-8,16,18H,9-13H2,(H,19,21). The molecular formula is C17H21N3O2. The van der Waals surface area contributed by atoms with Crippen molar-refractivity contribution in [3.05, 3.63) is 59.9 Å². The maximum atomic E-state index is 12.3. The summed E-state index contributed by atoms with van der Waals surface area (Å²) < 4.78 is 5.39. The molecule has 0 aliphatic carbocycles. The second-order valence-electron chi connectivity index (χ2n) is 5.43. The van der Waals surface area contributed by atoms with Gasteiger partial charge in [-0.05, 0) is 17.7 Å². The van der Waals surface area contributed by atoms with Gasteiger partial charge in [-0.2, -0.15) is 0 Å². The number of rotatable bonds is 5. The third-order valence-corrected chi connectivity index (χ3v) is 3.89. The number of hydrogen-bond acceptors (Lipinski definition) is 3. The number of amides is 1. The Morgan fingerprint density at radius 3 is 2.64 bits per heavy atom. The number of carbonyl (C=O) groups is 1. The molecule has 1 saturated heterocycles. The fourth-order valence-electron chi connectivity index (χ4n) is 2.67. The summed E-state index contributed by atoms with van der Waals surface area (Å²) in [6.45, 7) is 4.11. The van der Waals surface area contributed by atoms with E-state index < -0.39 is 0 Å². The first kappa shape index (κ1) is 14.8. The van der Waals surface area contributed by atoms with Gasteiger partial charge in [-0.15, -0.1) is 0 Å². The van der Waals surface area contributed by atoms with Crippen LogP contribution in [0, 0.1) is 0 Å². The molecule has 1 unspecified atom stereocenters. The first-order valence-electron chi connectivity index (χ1n) is 7.62. The Kier molecular flexibility index (Phi) is 4.88. The Labute approximate surface area is 130 Å². The van der Waals surface area contributed by atoms with E-state index in [0.717, 1.165) is 38.4 Å². The fraction of sp³-hybridized carbons (Fsp3) is 0.353. The minimum absolute atomic E-state index is 0.0323. The van der Waals surface area contributed by atoms with Crippen molar-refractivity contribution in [1.82, 2.24) is 15.2 Å². The van der Waals surface area contributed by atoms with Crippen LogP contribution in [0.15, 0.2) is 48.7 Å². The third kappa shape index (κ3) is 3.75. The van der Waals surface area contributed by atoms with E-state index in [1.165, 1.54) is 0 Å². The zero-order chi connectivity index (χ0) is 15.2. The molecule has 0 saturated carbocycles. The summed E-state index contributed by atoms with van der Waals surface area (Å²) in [6, 6.07) is 13.7. The molecule has 2 N–H and O–H groups in total. The molecule has 1 aliphatic rings. The molecule has 3 rings (SSSR count). The van der Waals surface area contributed by atoms with E-state index in [0.29, 0.717) is 5.69 Å². The van der Waals surface area contributed by atoms with Gasteiger partial charge in [0.1, 0.15) is 5.69 Å². The van der Waals surface area contributed by atoms with Gasteiger partial charge in [0.05, 0.1) is 19.3 Å². The fourth-order valence-corrected chi connectivity index (χ4v) is 2.67. The van der Waals surface area contributed by atoms with Gasteiger partial charge in [0.25, 0.3) is 5.91 Å². The maximum absolute atomic E-state index is 12.3. The molecule has 22 heavy (non-hydrogen) atoms. The lowest BCUT2D eigenvalue weighted by atomic mass is 10.1. The highest BCUT2D eigenvalue weighted by Gasteiger charge is 2.20. The van der Waals surface area contributed by atoms with Crippen molar-refractivity contribution in [3.8, 4) is 0 Å². The zero-order valence-corrected chi connectivity index (χ0v) is 12.5. The van der Waals surface area contributed by atoms with Crippen molar-refractivity contribution < 1.29 is 9.53 Å². The molecule has 1 amide bonds. The van der Waals surface area contributed by atoms with Crippen LogP contribution in [-0.4, -0.2) is 48.6 Å². The molecule has 1 atom stereocenters. The topological polar surface area (TPSA) is 57.4 Å². The van der Waals surface area contributed by atoms with Crippen LogP contribution >= 0.6 is 0 Å². The first-order chi connectivity index (χ1) is 10.8. The van der Waals surface area contributed by atoms with Crippen LogP contribution in [0.3, 0.4) is 0 Å². The van der Waals surface area contributed by atoms with E-state index in [1.54, 1.807) is 12.3 Å². The maximum Gasteiger partial charge on any atom is 0.268 e. The van der Waals surface area contributed by atoms with Crippen LogP contribution in [0.5, 0.6) is 0 Å². The number of H-pyrrole nitrogens is 1. The Hall–Kier alpha value is -2.11. The molecule has 116 valence electrons. The number of nitrogens with one attached hydrogen (secondary N) is 2. The summed E-state index contributed by atoms with van der Waals surface area (Å²) in [4.78, 5) is 17.6. The summed E-state index contributed by atoms with van der Waals surface area (Å²) in [5.74, 6) is -0.0767. The van der Waals surface area contributed by atoms with E-state index in [1.807, 2.05) is 24.3 Å². The zero-order valence-electron chi connectivity index (χ0n) is 12.5. The second kappa shape index (κ2) is 7.24. The minimum Gasteiger partial charge on any atom is -0.379 e. The van der Waals surface area contributed by atoms with Crippen LogP contribution in [0.2, 0.25) is 0 Å². The number of aromatic nitrogens is 1. The molecule has 5 heteroatoms. The third-order valence-electron chi connectivity index (χ3n) is 3.89. The second-order valence-corrected chi connectivity index (χ2v) is 5.43. The molecule has 1 fully saturated rings. The average Bonchev–Trinajstić information content (AvgIpc) is 3.11. The predicted molar refractivity (Wildman–Crippen MR) is 84.7 cm³/mol. The highest BCUT2D eigenvalue weighted by Crippen LogP contribution is 2.16. The lowest BCUT2D eigenvalue weighted by molar-refractivity contribution is 0.0332. The van der Waals surface area contributed by atoms with Crippen molar-refractivity contribution in [2.45, 2.75) is 6.04 Å². The number of morpholine rings is 1. The van der Waals surface area contributed by atoms with Gasteiger partial charge in [-0.25, -0.2) is 0 Å². The van der Waals surface area contributed by atoms with Gasteiger partial charge < -0.3 is 15.0 Å². The number of ether oxygens (including phenoxy) is 1. The first-order valence-corrected chi connectivity index (χ1v) is 7.62. The van der Waals surface area contributed by atoms with Crippen LogP contribution < -0.4 is 5.32 Å². The van der Waals surface area contributed by atoms with Gasteiger partial charge in [0, 0.05) is 25.8 Å². The lowest BCUT2D eigenvalue weighted by Crippen LogP contribution is -2.43. The minimum atomic E-state index is -0.0767. The summed E-state index contributed by atoms with van der Waals surface area (Å²) >= 11 is 0. The summed E-state index contributed by atoms with van der Waals surface area (Å²) in [6.07, 6.45) is 1.76. The molecule has 0 spiro atoms. The molecule has 0 radical (unpaired) electrons. The number of aromatic amines is 1. The van der Waals surface area contributed by atoms with E-state index >= 15 is 0 Å². The highest BCUT2D eigenvalue weighted by molar-refractivity contribution is 5.92. The Morgan fingerprint density at radius 1 is 1.18 bits per heavy atom. The number of hydrogen-bond donors (Lipinski definition) is 2. The SMILES string of the molecule is O=C(NC(CN1CCOCC1)c1ccccc1)c1ccc[nH]1. The quantitative estimate of drug-likeness (QED) is 0.885. The van der Waals surface area contributed by atoms with Crippen molar-refractivity contribution in [2.24, 2.45) is 0 Å². The van der Waals surface area contributed by atoms with E-state index in [4.69, 9.17) is 4.74 Å². The van der Waals surface area contributed by atoms with E-state index in [2.05, 4.69) is 27.3 Å². The molecule has 0 bridgehead atoms. The summed E-state index contributed by atoms with van der Waals surface area (Å²) in [5.41, 5.74) is 1.71. The van der Waals surface area contributed by atoms with Gasteiger partial charge in [-0.1, -0.05) is 30.3 Å². The van der Waals surface area contributed by atoms with Gasteiger partial charge in [-0.3, -0.25) is 9.69 Å². The molecule has 1 aliphatic heterocycles. The predicted octanol–water partition coefficient (Wildman–Crippen LogP) is 1.82. The Morgan fingerprint density at radius 2 is 1.95 bits per heavy atom. The average molecular weight is 299 g/mol. The number of nitrogens with zero attached hydrogens (tertiary/aromatic N) is 1. The van der Waals surface area contributed by atoms with E-state index in [9.17, 15) is 4.79 Å². The van der Waals surface area contributed by atoms with Crippen LogP contribution in [0.1, 0.15) is 22.1 Å². The number of carbonyl (C=O) groups excluding carboxylic acids is 1. The van der Waals surface area contributed by atoms with Crippen LogP contribution in [0.4, 0.5) is 0 Å². The number of benzene rings is 1. The van der Waals surface area contributed by atoms with Crippen LogP contribution in [0.25, 0.3) is 0 Å². The Balaban J connectivity index is 1.72.